The van der Waals surface area contributed by atoms with Crippen molar-refractivity contribution in [3.63, 3.8) is 0 Å². The molecule has 0 saturated heterocycles. The average molecular weight is 419 g/mol. The fourth-order valence-corrected chi connectivity index (χ4v) is 2.62. The van der Waals surface area contributed by atoms with E-state index in [-0.39, 0.29) is 0 Å². The Morgan fingerprint density at radius 1 is 0.960 bits per heavy atom. The lowest BCUT2D eigenvalue weighted by molar-refractivity contribution is -0.142. The van der Waals surface area contributed by atoms with E-state index in [2.05, 4.69) is 5.32 Å². The summed E-state index contributed by atoms with van der Waals surface area (Å²) >= 11 is 23.3. The van der Waals surface area contributed by atoms with Crippen molar-refractivity contribution in [2.45, 2.75) is 0 Å². The molecule has 2 aromatic carbocycles. The fourth-order valence-electron chi connectivity index (χ4n) is 1.79. The highest BCUT2D eigenvalue weighted by Gasteiger charge is 2.07. The third-order valence-corrected chi connectivity index (χ3v) is 4.02. The van der Waals surface area contributed by atoms with Crippen molar-refractivity contribution >= 4 is 70.0 Å². The van der Waals surface area contributed by atoms with E-state index in [1.807, 2.05) is 0 Å². The molecular weight excluding hydrogens is 408 g/mol. The van der Waals surface area contributed by atoms with Gasteiger partial charge in [-0.3, -0.25) is 4.79 Å². The van der Waals surface area contributed by atoms with Crippen molar-refractivity contribution in [3.05, 3.63) is 68.1 Å². The lowest BCUT2D eigenvalue weighted by Crippen LogP contribution is -2.20. The van der Waals surface area contributed by atoms with Crippen molar-refractivity contribution in [2.75, 3.05) is 11.9 Å². The Kier molecular flexibility index (Phi) is 7.14. The summed E-state index contributed by atoms with van der Waals surface area (Å²) < 4.78 is 4.85. The van der Waals surface area contributed by atoms with Crippen LogP contribution in [0.15, 0.2) is 42.5 Å². The minimum absolute atomic E-state index is 0.372. The molecule has 1 N–H and O–H groups in total. The molecule has 0 fully saturated rings. The number of anilines is 1. The number of halogens is 4. The van der Waals surface area contributed by atoms with Gasteiger partial charge in [-0.15, -0.1) is 0 Å². The van der Waals surface area contributed by atoms with Crippen LogP contribution in [0, 0.1) is 0 Å². The monoisotopic (exact) mass is 417 g/mol. The molecule has 2 rings (SSSR count). The van der Waals surface area contributed by atoms with Crippen LogP contribution < -0.4 is 5.32 Å². The first-order valence-corrected chi connectivity index (χ1v) is 8.40. The molecule has 0 saturated carbocycles. The van der Waals surface area contributed by atoms with Crippen LogP contribution in [0.1, 0.15) is 5.56 Å². The first kappa shape index (κ1) is 19.6. The van der Waals surface area contributed by atoms with Crippen LogP contribution in [-0.4, -0.2) is 18.5 Å². The highest BCUT2D eigenvalue weighted by molar-refractivity contribution is 6.42. The smallest absolute Gasteiger partial charge is 0.331 e. The molecular formula is C17H11Cl4NO3. The highest BCUT2D eigenvalue weighted by atomic mass is 35.5. The Balaban J connectivity index is 1.85. The number of esters is 1. The first-order chi connectivity index (χ1) is 11.8. The number of hydrogen-bond donors (Lipinski definition) is 1. The molecule has 4 nitrogen and oxygen atoms in total. The third kappa shape index (κ3) is 6.59. The zero-order chi connectivity index (χ0) is 18.4. The van der Waals surface area contributed by atoms with Crippen LogP contribution in [0.5, 0.6) is 0 Å². The maximum absolute atomic E-state index is 11.8. The number of amides is 1. The molecule has 0 unspecified atom stereocenters. The van der Waals surface area contributed by atoms with Crippen molar-refractivity contribution in [1.29, 1.82) is 0 Å². The third-order valence-electron chi connectivity index (χ3n) is 2.85. The number of carbonyl (C=O) groups excluding carboxylic acids is 2. The molecule has 0 aliphatic carbocycles. The van der Waals surface area contributed by atoms with Crippen molar-refractivity contribution in [3.8, 4) is 0 Å². The van der Waals surface area contributed by atoms with Crippen LogP contribution in [0.25, 0.3) is 6.08 Å². The number of rotatable bonds is 5. The predicted molar refractivity (Wildman–Crippen MR) is 102 cm³/mol. The normalized spacial score (nSPS) is 10.7. The molecule has 0 aliphatic rings. The summed E-state index contributed by atoms with van der Waals surface area (Å²) in [5.74, 6) is -1.19. The Hall–Kier alpha value is -1.72. The minimum Gasteiger partial charge on any atom is -0.452 e. The zero-order valence-electron chi connectivity index (χ0n) is 12.6. The van der Waals surface area contributed by atoms with Crippen molar-refractivity contribution in [1.82, 2.24) is 0 Å². The number of nitrogens with one attached hydrogen (secondary N) is 1. The van der Waals surface area contributed by atoms with E-state index >= 15 is 0 Å². The molecule has 0 spiro atoms. The summed E-state index contributed by atoms with van der Waals surface area (Å²) in [6.45, 7) is -0.450. The lowest BCUT2D eigenvalue weighted by Gasteiger charge is -2.06. The van der Waals surface area contributed by atoms with E-state index in [0.29, 0.717) is 31.3 Å². The van der Waals surface area contributed by atoms with Gasteiger partial charge >= 0.3 is 5.97 Å². The molecule has 130 valence electrons. The Morgan fingerprint density at radius 3 is 2.28 bits per heavy atom. The van der Waals surface area contributed by atoms with E-state index in [4.69, 9.17) is 51.1 Å². The second-order valence-corrected chi connectivity index (χ2v) is 6.51. The second kappa shape index (κ2) is 9.11. The molecule has 0 heterocycles. The van der Waals surface area contributed by atoms with Crippen molar-refractivity contribution < 1.29 is 14.3 Å². The molecule has 2 aromatic rings. The van der Waals surface area contributed by atoms with Crippen LogP contribution >= 0.6 is 46.4 Å². The summed E-state index contributed by atoms with van der Waals surface area (Å²) in [6, 6.07) is 9.48. The number of benzene rings is 2. The summed E-state index contributed by atoms with van der Waals surface area (Å²) in [4.78, 5) is 23.4. The first-order valence-electron chi connectivity index (χ1n) is 6.89. The maximum atomic E-state index is 11.8. The molecule has 0 atom stereocenters. The molecule has 0 aromatic heterocycles. The van der Waals surface area contributed by atoms with Gasteiger partial charge in [0.05, 0.1) is 10.0 Å². The van der Waals surface area contributed by atoms with Crippen LogP contribution in [0.3, 0.4) is 0 Å². The van der Waals surface area contributed by atoms with Gasteiger partial charge in [0.15, 0.2) is 6.61 Å². The van der Waals surface area contributed by atoms with Gasteiger partial charge in [-0.05, 0) is 42.0 Å². The second-order valence-electron chi connectivity index (χ2n) is 4.82. The molecule has 25 heavy (non-hydrogen) atoms. The van der Waals surface area contributed by atoms with E-state index < -0.39 is 18.5 Å². The Labute approximate surface area is 164 Å². The molecule has 0 radical (unpaired) electrons. The maximum Gasteiger partial charge on any atom is 0.331 e. The van der Waals surface area contributed by atoms with Crippen LogP contribution in [0.2, 0.25) is 20.1 Å². The molecule has 0 bridgehead atoms. The van der Waals surface area contributed by atoms with Gasteiger partial charge in [0.25, 0.3) is 5.91 Å². The number of carbonyl (C=O) groups is 2. The average Bonchev–Trinajstić information content (AvgIpc) is 2.53. The van der Waals surface area contributed by atoms with E-state index in [1.165, 1.54) is 30.4 Å². The largest absolute Gasteiger partial charge is 0.452 e. The van der Waals surface area contributed by atoms with Gasteiger partial charge in [0, 0.05) is 21.8 Å². The number of ether oxygens (including phenoxy) is 1. The van der Waals surface area contributed by atoms with Gasteiger partial charge in [-0.25, -0.2) is 4.79 Å². The quantitative estimate of drug-likeness (QED) is 0.515. The number of hydrogen-bond acceptors (Lipinski definition) is 3. The fraction of sp³-hybridized carbons (Fsp3) is 0.0588. The van der Waals surface area contributed by atoms with Gasteiger partial charge in [-0.1, -0.05) is 52.5 Å². The van der Waals surface area contributed by atoms with Crippen LogP contribution in [-0.2, 0) is 14.3 Å². The Morgan fingerprint density at radius 2 is 1.64 bits per heavy atom. The summed E-state index contributed by atoms with van der Waals surface area (Å²) in [5, 5.41) is 4.07. The van der Waals surface area contributed by atoms with Gasteiger partial charge < -0.3 is 10.1 Å². The summed E-state index contributed by atoms with van der Waals surface area (Å²) in [5.41, 5.74) is 1.08. The van der Waals surface area contributed by atoms with Gasteiger partial charge in [0.2, 0.25) is 0 Å². The predicted octanol–water partition coefficient (Wildman–Crippen LogP) is 5.50. The molecule has 0 aliphatic heterocycles. The summed E-state index contributed by atoms with van der Waals surface area (Å²) in [7, 11) is 0. The van der Waals surface area contributed by atoms with E-state index in [1.54, 1.807) is 18.2 Å². The molecule has 8 heteroatoms. The summed E-state index contributed by atoms with van der Waals surface area (Å²) in [6.07, 6.45) is 2.68. The SMILES string of the molecule is O=C(COC(=O)C=Cc1ccc(Cl)c(Cl)c1)Nc1cc(Cl)cc(Cl)c1. The topological polar surface area (TPSA) is 55.4 Å². The molecule has 1 amide bonds. The van der Waals surface area contributed by atoms with Gasteiger partial charge in [0.1, 0.15) is 0 Å². The highest BCUT2D eigenvalue weighted by Crippen LogP contribution is 2.23. The van der Waals surface area contributed by atoms with E-state index in [9.17, 15) is 9.59 Å². The Bertz CT molecular complexity index is 816. The lowest BCUT2D eigenvalue weighted by atomic mass is 10.2. The van der Waals surface area contributed by atoms with Crippen molar-refractivity contribution in [2.24, 2.45) is 0 Å². The van der Waals surface area contributed by atoms with Gasteiger partial charge in [-0.2, -0.15) is 0 Å². The minimum atomic E-state index is -0.676. The zero-order valence-corrected chi connectivity index (χ0v) is 15.6. The standard InChI is InChI=1S/C17H11Cl4NO3/c18-11-6-12(19)8-13(7-11)22-16(23)9-25-17(24)4-2-10-1-3-14(20)15(21)5-10/h1-8H,9H2,(H,22,23). The van der Waals surface area contributed by atoms with Crippen LogP contribution in [0.4, 0.5) is 5.69 Å². The van der Waals surface area contributed by atoms with E-state index in [0.717, 1.165) is 0 Å².